The van der Waals surface area contributed by atoms with Gasteiger partial charge in [0.2, 0.25) is 11.8 Å². The van der Waals surface area contributed by atoms with Crippen molar-refractivity contribution in [2.75, 3.05) is 27.7 Å². The molecule has 0 bridgehead atoms. The van der Waals surface area contributed by atoms with Gasteiger partial charge in [-0.1, -0.05) is 26.8 Å². The van der Waals surface area contributed by atoms with Crippen LogP contribution < -0.4 is 5.32 Å². The molecule has 0 spiro atoms. The van der Waals surface area contributed by atoms with Crippen molar-refractivity contribution >= 4 is 17.8 Å². The SMILES string of the molecule is C/C(=C\CN(C)C(=O)C(NC(=O)C(C)(C)N(C)C)C(C)(C)C)C(=O)O. The van der Waals surface area contributed by atoms with Crippen LogP contribution in [0.1, 0.15) is 41.5 Å². The smallest absolute Gasteiger partial charge is 0.331 e. The minimum absolute atomic E-state index is 0.163. The Morgan fingerprint density at radius 1 is 1.08 bits per heavy atom. The van der Waals surface area contributed by atoms with Gasteiger partial charge in [-0.15, -0.1) is 0 Å². The lowest BCUT2D eigenvalue weighted by atomic mass is 9.85. The van der Waals surface area contributed by atoms with Crippen molar-refractivity contribution < 1.29 is 19.5 Å². The predicted octanol–water partition coefficient (Wildman–Crippen LogP) is 1.35. The highest BCUT2D eigenvalue weighted by atomic mass is 16.4. The zero-order valence-corrected chi connectivity index (χ0v) is 16.9. The number of carboxylic acids is 1. The molecule has 0 fully saturated rings. The van der Waals surface area contributed by atoms with Gasteiger partial charge in [-0.3, -0.25) is 14.5 Å². The number of aliphatic carboxylic acids is 1. The minimum atomic E-state index is -1.02. The molecule has 1 atom stereocenters. The Bertz CT molecular complexity index is 545. The molecule has 0 heterocycles. The van der Waals surface area contributed by atoms with Crippen LogP contribution >= 0.6 is 0 Å². The molecule has 2 amide bonds. The molecule has 0 aliphatic carbocycles. The van der Waals surface area contributed by atoms with Gasteiger partial charge in [0.05, 0.1) is 5.54 Å². The van der Waals surface area contributed by atoms with E-state index in [0.717, 1.165) is 0 Å². The third kappa shape index (κ3) is 6.49. The number of amides is 2. The summed E-state index contributed by atoms with van der Waals surface area (Å²) in [5, 5.41) is 11.8. The van der Waals surface area contributed by atoms with Gasteiger partial charge in [-0.2, -0.15) is 0 Å². The van der Waals surface area contributed by atoms with Crippen molar-refractivity contribution in [1.82, 2.24) is 15.1 Å². The molecule has 7 nitrogen and oxygen atoms in total. The average molecular weight is 355 g/mol. The van der Waals surface area contributed by atoms with Crippen molar-refractivity contribution in [3.63, 3.8) is 0 Å². The van der Waals surface area contributed by atoms with Gasteiger partial charge in [0.15, 0.2) is 0 Å². The number of carboxylic acid groups (broad SMARTS) is 1. The Morgan fingerprint density at radius 2 is 1.56 bits per heavy atom. The Morgan fingerprint density at radius 3 is 1.92 bits per heavy atom. The van der Waals surface area contributed by atoms with Crippen LogP contribution in [0.2, 0.25) is 0 Å². The molecule has 0 saturated heterocycles. The first-order valence-electron chi connectivity index (χ1n) is 8.25. The second kappa shape index (κ2) is 8.47. The summed E-state index contributed by atoms with van der Waals surface area (Å²) in [4.78, 5) is 39.5. The van der Waals surface area contributed by atoms with E-state index < -0.39 is 23.0 Å². The van der Waals surface area contributed by atoms with Crippen molar-refractivity contribution in [1.29, 1.82) is 0 Å². The van der Waals surface area contributed by atoms with Crippen molar-refractivity contribution in [3.05, 3.63) is 11.6 Å². The molecular formula is C18H33N3O4. The molecule has 7 heteroatoms. The number of hydrogen-bond acceptors (Lipinski definition) is 4. The summed E-state index contributed by atoms with van der Waals surface area (Å²) in [5.41, 5.74) is -1.08. The third-order valence-electron chi connectivity index (χ3n) is 4.45. The predicted molar refractivity (Wildman–Crippen MR) is 98.2 cm³/mol. The van der Waals surface area contributed by atoms with E-state index in [1.807, 2.05) is 20.8 Å². The number of carbonyl (C=O) groups is 3. The molecule has 2 N–H and O–H groups in total. The second-order valence-electron chi connectivity index (χ2n) is 8.14. The normalized spacial score (nSPS) is 14.2. The molecule has 0 aliphatic rings. The van der Waals surface area contributed by atoms with E-state index >= 15 is 0 Å². The van der Waals surface area contributed by atoms with E-state index in [1.165, 1.54) is 17.9 Å². The van der Waals surface area contributed by atoms with Crippen LogP contribution in [0.5, 0.6) is 0 Å². The zero-order chi connectivity index (χ0) is 20.2. The molecule has 25 heavy (non-hydrogen) atoms. The van der Waals surface area contributed by atoms with Crippen LogP contribution in [0.25, 0.3) is 0 Å². The first kappa shape index (κ1) is 23.1. The summed E-state index contributed by atoms with van der Waals surface area (Å²) in [7, 11) is 5.20. The van der Waals surface area contributed by atoms with Gasteiger partial charge in [-0.25, -0.2) is 4.79 Å². The summed E-state index contributed by atoms with van der Waals surface area (Å²) in [6, 6.07) is -0.720. The summed E-state index contributed by atoms with van der Waals surface area (Å²) in [5.74, 6) is -1.52. The Balaban J connectivity index is 5.36. The highest BCUT2D eigenvalue weighted by Gasteiger charge is 2.39. The average Bonchev–Trinajstić information content (AvgIpc) is 2.47. The number of nitrogens with zero attached hydrogens (tertiary/aromatic N) is 2. The summed E-state index contributed by atoms with van der Waals surface area (Å²) >= 11 is 0. The summed E-state index contributed by atoms with van der Waals surface area (Å²) in [6.45, 7) is 10.9. The minimum Gasteiger partial charge on any atom is -0.478 e. The van der Waals surface area contributed by atoms with E-state index in [4.69, 9.17) is 5.11 Å². The number of rotatable bonds is 7. The lowest BCUT2D eigenvalue weighted by molar-refractivity contribution is -0.141. The number of likely N-dealkylation sites (N-methyl/N-ethyl adjacent to an activating group) is 2. The maximum atomic E-state index is 12.8. The lowest BCUT2D eigenvalue weighted by Gasteiger charge is -2.37. The summed E-state index contributed by atoms with van der Waals surface area (Å²) in [6.07, 6.45) is 1.48. The Hall–Kier alpha value is -1.89. The van der Waals surface area contributed by atoms with Crippen LogP contribution in [-0.4, -0.2) is 72.0 Å². The lowest BCUT2D eigenvalue weighted by Crippen LogP contribution is -2.60. The quantitative estimate of drug-likeness (QED) is 0.673. The van der Waals surface area contributed by atoms with Crippen LogP contribution in [-0.2, 0) is 14.4 Å². The van der Waals surface area contributed by atoms with E-state index in [1.54, 1.807) is 39.9 Å². The molecule has 0 rings (SSSR count). The van der Waals surface area contributed by atoms with E-state index in [-0.39, 0.29) is 23.9 Å². The van der Waals surface area contributed by atoms with Crippen molar-refractivity contribution in [2.45, 2.75) is 53.1 Å². The molecule has 0 aliphatic heterocycles. The van der Waals surface area contributed by atoms with E-state index in [0.29, 0.717) is 0 Å². The fourth-order valence-electron chi connectivity index (χ4n) is 1.83. The van der Waals surface area contributed by atoms with Gasteiger partial charge in [0.1, 0.15) is 6.04 Å². The van der Waals surface area contributed by atoms with Gasteiger partial charge in [0, 0.05) is 19.2 Å². The maximum absolute atomic E-state index is 12.8. The van der Waals surface area contributed by atoms with E-state index in [9.17, 15) is 14.4 Å². The molecule has 1 unspecified atom stereocenters. The van der Waals surface area contributed by atoms with Crippen molar-refractivity contribution in [3.8, 4) is 0 Å². The molecule has 0 aromatic heterocycles. The molecular weight excluding hydrogens is 322 g/mol. The first-order chi connectivity index (χ1) is 11.1. The second-order valence-corrected chi connectivity index (χ2v) is 8.14. The molecule has 0 aromatic carbocycles. The molecule has 144 valence electrons. The van der Waals surface area contributed by atoms with Crippen LogP contribution in [0.15, 0.2) is 11.6 Å². The molecule has 0 aromatic rings. The summed E-state index contributed by atoms with van der Waals surface area (Å²) < 4.78 is 0. The fraction of sp³-hybridized carbons (Fsp3) is 0.722. The highest BCUT2D eigenvalue weighted by molar-refractivity contribution is 5.92. The number of nitrogens with one attached hydrogen (secondary N) is 1. The standard InChI is InChI=1S/C18H33N3O4/c1-12(15(23)24)10-11-21(9)14(22)13(17(2,3)4)19-16(25)18(5,6)20(7)8/h10,13H,11H2,1-9H3,(H,19,25)(H,23,24)/b12-10+. The van der Waals surface area contributed by atoms with Gasteiger partial charge in [-0.05, 0) is 40.3 Å². The van der Waals surface area contributed by atoms with Crippen LogP contribution in [0.3, 0.4) is 0 Å². The van der Waals surface area contributed by atoms with Gasteiger partial charge in [0.25, 0.3) is 0 Å². The number of carbonyl (C=O) groups excluding carboxylic acids is 2. The molecule has 0 saturated carbocycles. The maximum Gasteiger partial charge on any atom is 0.331 e. The molecule has 0 radical (unpaired) electrons. The Kier molecular flexibility index (Phi) is 7.83. The van der Waals surface area contributed by atoms with E-state index in [2.05, 4.69) is 5.32 Å². The highest BCUT2D eigenvalue weighted by Crippen LogP contribution is 2.22. The van der Waals surface area contributed by atoms with Gasteiger partial charge >= 0.3 is 5.97 Å². The van der Waals surface area contributed by atoms with Crippen LogP contribution in [0, 0.1) is 5.41 Å². The monoisotopic (exact) mass is 355 g/mol. The third-order valence-corrected chi connectivity index (χ3v) is 4.45. The van der Waals surface area contributed by atoms with Crippen molar-refractivity contribution in [2.24, 2.45) is 5.41 Å². The number of hydrogen-bond donors (Lipinski definition) is 2. The largest absolute Gasteiger partial charge is 0.478 e. The topological polar surface area (TPSA) is 90.0 Å². The van der Waals surface area contributed by atoms with Crippen LogP contribution in [0.4, 0.5) is 0 Å². The first-order valence-corrected chi connectivity index (χ1v) is 8.25. The van der Waals surface area contributed by atoms with Gasteiger partial charge < -0.3 is 15.3 Å². The Labute approximate surface area is 151 Å². The zero-order valence-electron chi connectivity index (χ0n) is 16.9. The fourth-order valence-corrected chi connectivity index (χ4v) is 1.83.